The SMILES string of the molecule is CCNCc1ccccc1-c1ccc(C2CCC2)cc1. The Bertz CT molecular complexity index is 552. The highest BCUT2D eigenvalue weighted by atomic mass is 14.8. The Morgan fingerprint density at radius 3 is 2.40 bits per heavy atom. The second-order valence-electron chi connectivity index (χ2n) is 5.69. The van der Waals surface area contributed by atoms with Crippen LogP contribution in [0.3, 0.4) is 0 Å². The van der Waals surface area contributed by atoms with Crippen LogP contribution in [0.4, 0.5) is 0 Å². The maximum Gasteiger partial charge on any atom is 0.0211 e. The molecule has 20 heavy (non-hydrogen) atoms. The Morgan fingerprint density at radius 2 is 1.75 bits per heavy atom. The first-order chi connectivity index (χ1) is 9.88. The van der Waals surface area contributed by atoms with Gasteiger partial charge < -0.3 is 5.32 Å². The molecule has 0 atom stereocenters. The second-order valence-corrected chi connectivity index (χ2v) is 5.69. The molecular formula is C19H23N. The van der Waals surface area contributed by atoms with Gasteiger partial charge in [0, 0.05) is 6.54 Å². The fourth-order valence-electron chi connectivity index (χ4n) is 2.89. The van der Waals surface area contributed by atoms with E-state index in [1.54, 1.807) is 0 Å². The van der Waals surface area contributed by atoms with E-state index in [0.717, 1.165) is 19.0 Å². The van der Waals surface area contributed by atoms with Gasteiger partial charge >= 0.3 is 0 Å². The predicted octanol–water partition coefficient (Wildman–Crippen LogP) is 4.73. The molecule has 0 amide bonds. The highest BCUT2D eigenvalue weighted by Crippen LogP contribution is 2.37. The van der Waals surface area contributed by atoms with Crippen molar-refractivity contribution in [1.29, 1.82) is 0 Å². The van der Waals surface area contributed by atoms with Crippen molar-refractivity contribution in [2.24, 2.45) is 0 Å². The smallest absolute Gasteiger partial charge is 0.0211 e. The summed E-state index contributed by atoms with van der Waals surface area (Å²) in [6.45, 7) is 4.10. The molecule has 104 valence electrons. The van der Waals surface area contributed by atoms with E-state index in [2.05, 4.69) is 60.8 Å². The summed E-state index contributed by atoms with van der Waals surface area (Å²) in [6, 6.07) is 17.9. The van der Waals surface area contributed by atoms with E-state index >= 15 is 0 Å². The monoisotopic (exact) mass is 265 g/mol. The Morgan fingerprint density at radius 1 is 1.00 bits per heavy atom. The summed E-state index contributed by atoms with van der Waals surface area (Å²) in [7, 11) is 0. The third-order valence-electron chi connectivity index (χ3n) is 4.38. The number of hydrogen-bond donors (Lipinski definition) is 1. The zero-order valence-electron chi connectivity index (χ0n) is 12.2. The van der Waals surface area contributed by atoms with Gasteiger partial charge in [-0.1, -0.05) is 61.9 Å². The fourth-order valence-corrected chi connectivity index (χ4v) is 2.89. The lowest BCUT2D eigenvalue weighted by atomic mass is 9.80. The summed E-state index contributed by atoms with van der Waals surface area (Å²) in [6.07, 6.45) is 4.14. The van der Waals surface area contributed by atoms with Gasteiger partial charge in [-0.3, -0.25) is 0 Å². The van der Waals surface area contributed by atoms with Crippen molar-refractivity contribution in [3.05, 3.63) is 59.7 Å². The summed E-state index contributed by atoms with van der Waals surface area (Å²) < 4.78 is 0. The standard InChI is InChI=1S/C19H23N/c1-2-20-14-18-6-3-4-9-19(18)17-12-10-16(11-13-17)15-7-5-8-15/h3-4,6,9-13,15,20H,2,5,7-8,14H2,1H3. The maximum absolute atomic E-state index is 3.42. The molecule has 1 nitrogen and oxygen atoms in total. The van der Waals surface area contributed by atoms with Crippen LogP contribution in [-0.2, 0) is 6.54 Å². The van der Waals surface area contributed by atoms with E-state index in [4.69, 9.17) is 0 Å². The molecule has 0 unspecified atom stereocenters. The Labute approximate surface area is 122 Å². The van der Waals surface area contributed by atoms with Crippen molar-refractivity contribution < 1.29 is 0 Å². The van der Waals surface area contributed by atoms with E-state index in [9.17, 15) is 0 Å². The van der Waals surface area contributed by atoms with Crippen molar-refractivity contribution in [2.45, 2.75) is 38.6 Å². The van der Waals surface area contributed by atoms with Crippen LogP contribution in [0.15, 0.2) is 48.5 Å². The van der Waals surface area contributed by atoms with E-state index in [1.807, 2.05) is 0 Å². The summed E-state index contributed by atoms with van der Waals surface area (Å²) in [4.78, 5) is 0. The molecule has 0 radical (unpaired) electrons. The largest absolute Gasteiger partial charge is 0.313 e. The van der Waals surface area contributed by atoms with Crippen molar-refractivity contribution in [3.63, 3.8) is 0 Å². The average Bonchev–Trinajstić information content (AvgIpc) is 2.44. The van der Waals surface area contributed by atoms with Gasteiger partial charge in [0.1, 0.15) is 0 Å². The molecule has 1 aliphatic carbocycles. The molecule has 2 aromatic carbocycles. The highest BCUT2D eigenvalue weighted by Gasteiger charge is 2.19. The summed E-state index contributed by atoms with van der Waals surface area (Å²) in [5.74, 6) is 0.820. The second kappa shape index (κ2) is 6.23. The summed E-state index contributed by atoms with van der Waals surface area (Å²) >= 11 is 0. The molecule has 1 aliphatic rings. The number of rotatable bonds is 5. The van der Waals surface area contributed by atoms with Crippen molar-refractivity contribution in [3.8, 4) is 11.1 Å². The molecule has 0 spiro atoms. The summed E-state index contributed by atoms with van der Waals surface area (Å²) in [5.41, 5.74) is 5.59. The molecular weight excluding hydrogens is 242 g/mol. The zero-order valence-corrected chi connectivity index (χ0v) is 12.2. The van der Waals surface area contributed by atoms with Gasteiger partial charge in [-0.05, 0) is 47.6 Å². The number of benzene rings is 2. The topological polar surface area (TPSA) is 12.0 Å². The van der Waals surface area contributed by atoms with Crippen LogP contribution in [0.2, 0.25) is 0 Å². The van der Waals surface area contributed by atoms with E-state index in [0.29, 0.717) is 0 Å². The predicted molar refractivity (Wildman–Crippen MR) is 85.9 cm³/mol. The molecule has 1 saturated carbocycles. The van der Waals surface area contributed by atoms with Crippen LogP contribution in [0.1, 0.15) is 43.2 Å². The molecule has 2 aromatic rings. The Balaban J connectivity index is 1.84. The highest BCUT2D eigenvalue weighted by molar-refractivity contribution is 5.67. The quantitative estimate of drug-likeness (QED) is 0.824. The maximum atomic E-state index is 3.42. The van der Waals surface area contributed by atoms with Crippen LogP contribution in [-0.4, -0.2) is 6.54 Å². The van der Waals surface area contributed by atoms with E-state index < -0.39 is 0 Å². The normalized spacial score (nSPS) is 15.1. The van der Waals surface area contributed by atoms with Gasteiger partial charge in [0.05, 0.1) is 0 Å². The van der Waals surface area contributed by atoms with Crippen molar-refractivity contribution in [1.82, 2.24) is 5.32 Å². The first-order valence-corrected chi connectivity index (χ1v) is 7.77. The molecule has 1 fully saturated rings. The van der Waals surface area contributed by atoms with Crippen LogP contribution in [0.25, 0.3) is 11.1 Å². The van der Waals surface area contributed by atoms with Gasteiger partial charge in [0.2, 0.25) is 0 Å². The van der Waals surface area contributed by atoms with Gasteiger partial charge in [-0.15, -0.1) is 0 Å². The van der Waals surface area contributed by atoms with Crippen LogP contribution in [0, 0.1) is 0 Å². The molecule has 0 saturated heterocycles. The molecule has 1 N–H and O–H groups in total. The van der Waals surface area contributed by atoms with Gasteiger partial charge in [0.25, 0.3) is 0 Å². The molecule has 3 rings (SSSR count). The molecule has 0 aromatic heterocycles. The minimum Gasteiger partial charge on any atom is -0.313 e. The van der Waals surface area contributed by atoms with E-state index in [1.165, 1.54) is 41.5 Å². The third-order valence-corrected chi connectivity index (χ3v) is 4.38. The van der Waals surface area contributed by atoms with Gasteiger partial charge in [-0.2, -0.15) is 0 Å². The fraction of sp³-hybridized carbons (Fsp3) is 0.368. The van der Waals surface area contributed by atoms with Crippen LogP contribution in [0.5, 0.6) is 0 Å². The Hall–Kier alpha value is -1.60. The minimum absolute atomic E-state index is 0.820. The van der Waals surface area contributed by atoms with Gasteiger partial charge in [0.15, 0.2) is 0 Å². The molecule has 0 aliphatic heterocycles. The average molecular weight is 265 g/mol. The molecule has 0 bridgehead atoms. The number of nitrogens with one attached hydrogen (secondary N) is 1. The first-order valence-electron chi connectivity index (χ1n) is 7.77. The zero-order chi connectivity index (χ0) is 13.8. The molecule has 1 heteroatoms. The third kappa shape index (κ3) is 2.78. The van der Waals surface area contributed by atoms with Crippen molar-refractivity contribution >= 4 is 0 Å². The van der Waals surface area contributed by atoms with Crippen LogP contribution < -0.4 is 5.32 Å². The first kappa shape index (κ1) is 13.4. The number of hydrogen-bond acceptors (Lipinski definition) is 1. The van der Waals surface area contributed by atoms with Crippen LogP contribution >= 0.6 is 0 Å². The Kier molecular flexibility index (Phi) is 4.17. The summed E-state index contributed by atoms with van der Waals surface area (Å²) in [5, 5.41) is 3.42. The lowest BCUT2D eigenvalue weighted by Crippen LogP contribution is -2.12. The van der Waals surface area contributed by atoms with Gasteiger partial charge in [-0.25, -0.2) is 0 Å². The van der Waals surface area contributed by atoms with Crippen molar-refractivity contribution in [2.75, 3.05) is 6.54 Å². The molecule has 0 heterocycles. The lowest BCUT2D eigenvalue weighted by molar-refractivity contribution is 0.420. The minimum atomic E-state index is 0.820. The lowest BCUT2D eigenvalue weighted by Gasteiger charge is -2.25. The van der Waals surface area contributed by atoms with E-state index in [-0.39, 0.29) is 0 Å².